The number of halogens is 3. The van der Waals surface area contributed by atoms with Crippen molar-refractivity contribution in [2.75, 3.05) is 13.0 Å². The number of ether oxygens (including phenoxy) is 1. The summed E-state index contributed by atoms with van der Waals surface area (Å²) in [5.41, 5.74) is 1.77. The van der Waals surface area contributed by atoms with Crippen molar-refractivity contribution in [1.82, 2.24) is 0 Å². The van der Waals surface area contributed by atoms with Crippen molar-refractivity contribution in [2.45, 2.75) is 12.8 Å². The predicted octanol–water partition coefficient (Wildman–Crippen LogP) is 5.13. The van der Waals surface area contributed by atoms with E-state index >= 15 is 0 Å². The third-order valence-corrected chi connectivity index (χ3v) is 4.17. The van der Waals surface area contributed by atoms with Gasteiger partial charge >= 0.3 is 0 Å². The average molecular weight is 327 g/mol. The highest BCUT2D eigenvalue weighted by molar-refractivity contribution is 6.30. The largest absolute Gasteiger partial charge is 0.497 e. The molecule has 0 aliphatic rings. The quantitative estimate of drug-likeness (QED) is 0.669. The van der Waals surface area contributed by atoms with Crippen LogP contribution in [-0.4, -0.2) is 13.0 Å². The van der Waals surface area contributed by atoms with Crippen LogP contribution in [-0.2, 0) is 12.8 Å². The minimum atomic E-state index is -0.344. The lowest BCUT2D eigenvalue weighted by Gasteiger charge is -2.15. The van der Waals surface area contributed by atoms with Crippen molar-refractivity contribution in [3.05, 3.63) is 64.4 Å². The average Bonchev–Trinajstić information content (AvgIpc) is 2.51. The van der Waals surface area contributed by atoms with E-state index in [-0.39, 0.29) is 16.8 Å². The molecule has 0 radical (unpaired) electrons. The molecule has 0 saturated heterocycles. The second-order valence-corrected chi connectivity index (χ2v) is 5.71. The van der Waals surface area contributed by atoms with Gasteiger partial charge in [-0.2, -0.15) is 0 Å². The standard InChI is InChI=1S/C17H17Cl2FO/c1-21-15-7-5-12(6-8-15)9-13(11-18)10-14-3-2-4-16(19)17(14)20/h2-8,13H,9-11H2,1H3. The molecule has 21 heavy (non-hydrogen) atoms. The third kappa shape index (κ3) is 4.36. The van der Waals surface area contributed by atoms with E-state index in [0.29, 0.717) is 17.9 Å². The van der Waals surface area contributed by atoms with Gasteiger partial charge in [0.25, 0.3) is 0 Å². The molecule has 1 nitrogen and oxygen atoms in total. The first-order valence-electron chi connectivity index (χ1n) is 6.75. The molecule has 0 aromatic heterocycles. The second-order valence-electron chi connectivity index (χ2n) is 4.99. The van der Waals surface area contributed by atoms with Gasteiger partial charge < -0.3 is 4.74 Å². The van der Waals surface area contributed by atoms with Crippen LogP contribution in [0.15, 0.2) is 42.5 Å². The molecule has 0 bridgehead atoms. The summed E-state index contributed by atoms with van der Waals surface area (Å²) in [7, 11) is 1.64. The number of benzene rings is 2. The van der Waals surface area contributed by atoms with Crippen LogP contribution in [0.25, 0.3) is 0 Å². The van der Waals surface area contributed by atoms with Gasteiger partial charge in [-0.05, 0) is 48.1 Å². The lowest BCUT2D eigenvalue weighted by molar-refractivity contribution is 0.414. The summed E-state index contributed by atoms with van der Waals surface area (Å²) < 4.78 is 19.1. The normalized spacial score (nSPS) is 12.2. The molecule has 0 aliphatic heterocycles. The van der Waals surface area contributed by atoms with E-state index in [9.17, 15) is 4.39 Å². The van der Waals surface area contributed by atoms with E-state index in [1.165, 1.54) is 0 Å². The maximum Gasteiger partial charge on any atom is 0.144 e. The van der Waals surface area contributed by atoms with Gasteiger partial charge in [0.15, 0.2) is 0 Å². The Morgan fingerprint density at radius 2 is 1.81 bits per heavy atom. The first kappa shape index (κ1) is 16.1. The lowest BCUT2D eigenvalue weighted by atomic mass is 9.94. The second kappa shape index (κ2) is 7.67. The van der Waals surface area contributed by atoms with Gasteiger partial charge in [-0.15, -0.1) is 11.6 Å². The van der Waals surface area contributed by atoms with Crippen LogP contribution in [0.1, 0.15) is 11.1 Å². The molecule has 2 rings (SSSR count). The monoisotopic (exact) mass is 326 g/mol. The first-order valence-corrected chi connectivity index (χ1v) is 7.67. The lowest BCUT2D eigenvalue weighted by Crippen LogP contribution is -2.11. The van der Waals surface area contributed by atoms with Crippen LogP contribution >= 0.6 is 23.2 Å². The van der Waals surface area contributed by atoms with E-state index in [1.807, 2.05) is 24.3 Å². The molecular weight excluding hydrogens is 310 g/mol. The van der Waals surface area contributed by atoms with Crippen molar-refractivity contribution in [3.63, 3.8) is 0 Å². The number of rotatable bonds is 6. The molecular formula is C17H17Cl2FO. The minimum Gasteiger partial charge on any atom is -0.497 e. The van der Waals surface area contributed by atoms with E-state index in [1.54, 1.807) is 25.3 Å². The number of hydrogen-bond donors (Lipinski definition) is 0. The van der Waals surface area contributed by atoms with Crippen LogP contribution in [0, 0.1) is 11.7 Å². The topological polar surface area (TPSA) is 9.23 Å². The molecule has 1 unspecified atom stereocenters. The molecule has 0 amide bonds. The summed E-state index contributed by atoms with van der Waals surface area (Å²) in [6.45, 7) is 0. The molecule has 1 atom stereocenters. The van der Waals surface area contributed by atoms with Gasteiger partial charge in [-0.25, -0.2) is 4.39 Å². The zero-order valence-corrected chi connectivity index (χ0v) is 13.3. The Morgan fingerprint density at radius 1 is 1.10 bits per heavy atom. The van der Waals surface area contributed by atoms with Gasteiger partial charge in [0.05, 0.1) is 12.1 Å². The zero-order valence-electron chi connectivity index (χ0n) is 11.8. The highest BCUT2D eigenvalue weighted by Gasteiger charge is 2.14. The maximum absolute atomic E-state index is 13.9. The molecule has 0 aliphatic carbocycles. The number of hydrogen-bond acceptors (Lipinski definition) is 1. The fourth-order valence-electron chi connectivity index (χ4n) is 2.29. The summed E-state index contributed by atoms with van der Waals surface area (Å²) in [6.07, 6.45) is 1.36. The van der Waals surface area contributed by atoms with Crippen LogP contribution in [0.3, 0.4) is 0 Å². The van der Waals surface area contributed by atoms with E-state index in [2.05, 4.69) is 0 Å². The summed E-state index contributed by atoms with van der Waals surface area (Å²) in [5, 5.41) is 0.158. The van der Waals surface area contributed by atoms with Crippen molar-refractivity contribution in [1.29, 1.82) is 0 Å². The SMILES string of the molecule is COc1ccc(CC(CCl)Cc2cccc(Cl)c2F)cc1. The van der Waals surface area contributed by atoms with Crippen molar-refractivity contribution in [3.8, 4) is 5.75 Å². The number of methoxy groups -OCH3 is 1. The molecule has 0 N–H and O–H groups in total. The first-order chi connectivity index (χ1) is 10.1. The summed E-state index contributed by atoms with van der Waals surface area (Å²) >= 11 is 11.9. The highest BCUT2D eigenvalue weighted by Crippen LogP contribution is 2.23. The van der Waals surface area contributed by atoms with Gasteiger partial charge in [0, 0.05) is 5.88 Å². The molecule has 0 fully saturated rings. The van der Waals surface area contributed by atoms with Crippen LogP contribution in [0.4, 0.5) is 4.39 Å². The van der Waals surface area contributed by atoms with Crippen molar-refractivity contribution >= 4 is 23.2 Å². The van der Waals surface area contributed by atoms with Gasteiger partial charge in [0.1, 0.15) is 11.6 Å². The molecule has 2 aromatic rings. The Kier molecular flexibility index (Phi) is 5.89. The fraction of sp³-hybridized carbons (Fsp3) is 0.294. The molecule has 0 heterocycles. The van der Waals surface area contributed by atoms with E-state index < -0.39 is 0 Å². The molecule has 4 heteroatoms. The van der Waals surface area contributed by atoms with Gasteiger partial charge in [-0.3, -0.25) is 0 Å². The zero-order chi connectivity index (χ0) is 15.2. The summed E-state index contributed by atoms with van der Waals surface area (Å²) in [6, 6.07) is 12.9. The van der Waals surface area contributed by atoms with Crippen LogP contribution in [0.5, 0.6) is 5.75 Å². The molecule has 0 spiro atoms. The summed E-state index contributed by atoms with van der Waals surface area (Å²) in [5.74, 6) is 1.11. The van der Waals surface area contributed by atoms with Crippen LogP contribution in [0.2, 0.25) is 5.02 Å². The molecule has 2 aromatic carbocycles. The van der Waals surface area contributed by atoms with Gasteiger partial charge in [0.2, 0.25) is 0 Å². The molecule has 0 saturated carbocycles. The van der Waals surface area contributed by atoms with E-state index in [0.717, 1.165) is 17.7 Å². The Morgan fingerprint density at radius 3 is 2.43 bits per heavy atom. The Hall–Kier alpha value is -1.25. The van der Waals surface area contributed by atoms with E-state index in [4.69, 9.17) is 27.9 Å². The minimum absolute atomic E-state index is 0.158. The Bertz CT molecular complexity index is 584. The highest BCUT2D eigenvalue weighted by atomic mass is 35.5. The smallest absolute Gasteiger partial charge is 0.144 e. The maximum atomic E-state index is 13.9. The fourth-order valence-corrected chi connectivity index (χ4v) is 2.71. The van der Waals surface area contributed by atoms with Crippen LogP contribution < -0.4 is 4.74 Å². The number of alkyl halides is 1. The predicted molar refractivity (Wildman–Crippen MR) is 86.0 cm³/mol. The Balaban J connectivity index is 2.07. The van der Waals surface area contributed by atoms with Gasteiger partial charge in [-0.1, -0.05) is 35.9 Å². The summed E-state index contributed by atoms with van der Waals surface area (Å²) in [4.78, 5) is 0. The third-order valence-electron chi connectivity index (χ3n) is 3.44. The molecule has 112 valence electrons. The Labute approximate surface area is 134 Å². The van der Waals surface area contributed by atoms with Crippen molar-refractivity contribution in [2.24, 2.45) is 5.92 Å². The van der Waals surface area contributed by atoms with Crippen molar-refractivity contribution < 1.29 is 9.13 Å².